The molecule has 1 aromatic heterocycles. The molecule has 2 saturated carbocycles. The van der Waals surface area contributed by atoms with Crippen molar-refractivity contribution in [1.29, 1.82) is 0 Å². The van der Waals surface area contributed by atoms with Gasteiger partial charge in [0.25, 0.3) is 0 Å². The topological polar surface area (TPSA) is 33.2 Å². The van der Waals surface area contributed by atoms with E-state index in [2.05, 4.69) is 9.88 Å². The smallest absolute Gasteiger partial charge is 0.185 e. The molecule has 0 unspecified atom stereocenters. The SMILES string of the molecule is CC(=O)c1csc(N(CC2CC2)CC2CC2)n1. The number of carbonyl (C=O) groups excluding carboxylic acids is 1. The molecule has 92 valence electrons. The van der Waals surface area contributed by atoms with Crippen LogP contribution in [-0.4, -0.2) is 23.9 Å². The van der Waals surface area contributed by atoms with E-state index in [1.165, 1.54) is 25.7 Å². The first-order chi connectivity index (χ1) is 8.22. The van der Waals surface area contributed by atoms with E-state index in [0.717, 1.165) is 30.1 Å². The first-order valence-electron chi connectivity index (χ1n) is 6.44. The molecular formula is C13H18N2OS. The van der Waals surface area contributed by atoms with Crippen LogP contribution in [0.25, 0.3) is 0 Å². The molecule has 3 rings (SSSR count). The summed E-state index contributed by atoms with van der Waals surface area (Å²) in [5, 5.41) is 2.94. The molecule has 0 aliphatic heterocycles. The van der Waals surface area contributed by atoms with Crippen molar-refractivity contribution in [3.05, 3.63) is 11.1 Å². The maximum absolute atomic E-state index is 11.3. The molecule has 0 atom stereocenters. The van der Waals surface area contributed by atoms with Crippen LogP contribution in [0.4, 0.5) is 5.13 Å². The van der Waals surface area contributed by atoms with Crippen molar-refractivity contribution in [2.45, 2.75) is 32.6 Å². The predicted molar refractivity (Wildman–Crippen MR) is 69.8 cm³/mol. The number of hydrogen-bond donors (Lipinski definition) is 0. The van der Waals surface area contributed by atoms with Gasteiger partial charge in [-0.05, 0) is 37.5 Å². The van der Waals surface area contributed by atoms with E-state index in [4.69, 9.17) is 0 Å². The Morgan fingerprint density at radius 3 is 2.35 bits per heavy atom. The zero-order valence-electron chi connectivity index (χ0n) is 10.2. The van der Waals surface area contributed by atoms with Gasteiger partial charge in [-0.2, -0.15) is 0 Å². The van der Waals surface area contributed by atoms with Gasteiger partial charge in [0.1, 0.15) is 5.69 Å². The quantitative estimate of drug-likeness (QED) is 0.728. The number of anilines is 1. The summed E-state index contributed by atoms with van der Waals surface area (Å²) in [4.78, 5) is 18.2. The average Bonchev–Trinajstić information content (AvgIpc) is 3.21. The molecule has 0 bridgehead atoms. The molecule has 0 aromatic carbocycles. The second kappa shape index (κ2) is 4.41. The molecule has 1 aromatic rings. The number of nitrogens with zero attached hydrogens (tertiary/aromatic N) is 2. The third-order valence-corrected chi connectivity index (χ3v) is 4.38. The van der Waals surface area contributed by atoms with Crippen molar-refractivity contribution in [1.82, 2.24) is 4.98 Å². The summed E-state index contributed by atoms with van der Waals surface area (Å²) >= 11 is 1.62. The van der Waals surface area contributed by atoms with Crippen LogP contribution in [0.2, 0.25) is 0 Å². The first-order valence-corrected chi connectivity index (χ1v) is 7.32. The van der Waals surface area contributed by atoms with Crippen LogP contribution < -0.4 is 4.90 Å². The van der Waals surface area contributed by atoms with Gasteiger partial charge < -0.3 is 4.90 Å². The molecular weight excluding hydrogens is 232 g/mol. The number of thiazole rings is 1. The van der Waals surface area contributed by atoms with E-state index in [0.29, 0.717) is 5.69 Å². The number of Topliss-reactive ketones (excluding diaryl/α,β-unsaturated/α-hetero) is 1. The Hall–Kier alpha value is -0.900. The summed E-state index contributed by atoms with van der Waals surface area (Å²) in [7, 11) is 0. The highest BCUT2D eigenvalue weighted by molar-refractivity contribution is 7.13. The van der Waals surface area contributed by atoms with Crippen LogP contribution in [0, 0.1) is 11.8 Å². The zero-order chi connectivity index (χ0) is 11.8. The maximum Gasteiger partial charge on any atom is 0.185 e. The van der Waals surface area contributed by atoms with Crippen LogP contribution >= 0.6 is 11.3 Å². The Morgan fingerprint density at radius 2 is 1.94 bits per heavy atom. The van der Waals surface area contributed by atoms with Gasteiger partial charge in [-0.15, -0.1) is 11.3 Å². The molecule has 0 spiro atoms. The first kappa shape index (κ1) is 11.2. The second-order valence-electron chi connectivity index (χ2n) is 5.36. The van der Waals surface area contributed by atoms with Gasteiger partial charge in [0.2, 0.25) is 0 Å². The van der Waals surface area contributed by atoms with Gasteiger partial charge in [0.15, 0.2) is 10.9 Å². The minimum absolute atomic E-state index is 0.0743. The van der Waals surface area contributed by atoms with E-state index in [1.807, 2.05) is 5.38 Å². The lowest BCUT2D eigenvalue weighted by Gasteiger charge is -2.21. The molecule has 0 N–H and O–H groups in total. The Labute approximate surface area is 106 Å². The van der Waals surface area contributed by atoms with Crippen molar-refractivity contribution < 1.29 is 4.79 Å². The van der Waals surface area contributed by atoms with Crippen LogP contribution in [0.3, 0.4) is 0 Å². The van der Waals surface area contributed by atoms with Gasteiger partial charge in [-0.1, -0.05) is 0 Å². The number of hydrogen-bond acceptors (Lipinski definition) is 4. The summed E-state index contributed by atoms with van der Waals surface area (Å²) in [6.07, 6.45) is 5.47. The Bertz CT molecular complexity index is 407. The van der Waals surface area contributed by atoms with Gasteiger partial charge in [0.05, 0.1) is 0 Å². The summed E-state index contributed by atoms with van der Waals surface area (Å²) in [6.45, 7) is 3.87. The summed E-state index contributed by atoms with van der Waals surface area (Å²) in [5.74, 6) is 1.82. The van der Waals surface area contributed by atoms with Crippen LogP contribution in [0.15, 0.2) is 5.38 Å². The van der Waals surface area contributed by atoms with Crippen molar-refractivity contribution in [2.24, 2.45) is 11.8 Å². The van der Waals surface area contributed by atoms with Crippen molar-refractivity contribution in [3.8, 4) is 0 Å². The van der Waals surface area contributed by atoms with Gasteiger partial charge in [-0.25, -0.2) is 4.98 Å². The second-order valence-corrected chi connectivity index (χ2v) is 6.20. The van der Waals surface area contributed by atoms with E-state index < -0.39 is 0 Å². The average molecular weight is 250 g/mol. The molecule has 0 saturated heterocycles. The Kier molecular flexibility index (Phi) is 2.90. The fraction of sp³-hybridized carbons (Fsp3) is 0.692. The van der Waals surface area contributed by atoms with Crippen molar-refractivity contribution in [3.63, 3.8) is 0 Å². The van der Waals surface area contributed by atoms with E-state index in [1.54, 1.807) is 18.3 Å². The molecule has 3 nitrogen and oxygen atoms in total. The summed E-state index contributed by atoms with van der Waals surface area (Å²) in [5.41, 5.74) is 0.626. The highest BCUT2D eigenvalue weighted by atomic mass is 32.1. The predicted octanol–water partition coefficient (Wildman–Crippen LogP) is 2.97. The standard InChI is InChI=1S/C13H18N2OS/c1-9(16)12-8-17-13(14-12)15(6-10-2-3-10)7-11-4-5-11/h8,10-11H,2-7H2,1H3. The molecule has 0 amide bonds. The largest absolute Gasteiger partial charge is 0.348 e. The monoisotopic (exact) mass is 250 g/mol. The molecule has 2 fully saturated rings. The molecule has 2 aliphatic rings. The summed E-state index contributed by atoms with van der Waals surface area (Å²) < 4.78 is 0. The Balaban J connectivity index is 1.72. The van der Waals surface area contributed by atoms with Crippen LogP contribution in [-0.2, 0) is 0 Å². The van der Waals surface area contributed by atoms with Gasteiger partial charge in [0, 0.05) is 25.4 Å². The lowest BCUT2D eigenvalue weighted by atomic mass is 10.3. The highest BCUT2D eigenvalue weighted by Gasteiger charge is 2.30. The number of aromatic nitrogens is 1. The molecule has 4 heteroatoms. The van der Waals surface area contributed by atoms with Crippen molar-refractivity contribution in [2.75, 3.05) is 18.0 Å². The van der Waals surface area contributed by atoms with Crippen LogP contribution in [0.1, 0.15) is 43.1 Å². The highest BCUT2D eigenvalue weighted by Crippen LogP contribution is 2.36. The summed E-state index contributed by atoms with van der Waals surface area (Å²) in [6, 6.07) is 0. The number of carbonyl (C=O) groups is 1. The zero-order valence-corrected chi connectivity index (χ0v) is 11.0. The maximum atomic E-state index is 11.3. The third kappa shape index (κ3) is 2.86. The Morgan fingerprint density at radius 1 is 1.35 bits per heavy atom. The molecule has 2 aliphatic carbocycles. The minimum Gasteiger partial charge on any atom is -0.348 e. The van der Waals surface area contributed by atoms with Crippen LogP contribution in [0.5, 0.6) is 0 Å². The molecule has 0 radical (unpaired) electrons. The fourth-order valence-electron chi connectivity index (χ4n) is 2.03. The van der Waals surface area contributed by atoms with Gasteiger partial charge in [-0.3, -0.25) is 4.79 Å². The lowest BCUT2D eigenvalue weighted by Crippen LogP contribution is -2.28. The van der Waals surface area contributed by atoms with Crippen molar-refractivity contribution >= 4 is 22.3 Å². The third-order valence-electron chi connectivity index (χ3n) is 3.47. The minimum atomic E-state index is 0.0743. The van der Waals surface area contributed by atoms with Gasteiger partial charge >= 0.3 is 0 Å². The van der Waals surface area contributed by atoms with E-state index in [9.17, 15) is 4.79 Å². The fourth-order valence-corrected chi connectivity index (χ4v) is 2.91. The van der Waals surface area contributed by atoms with E-state index in [-0.39, 0.29) is 5.78 Å². The lowest BCUT2D eigenvalue weighted by molar-refractivity contribution is 0.101. The normalized spacial score (nSPS) is 19.4. The van der Waals surface area contributed by atoms with E-state index >= 15 is 0 Å². The molecule has 1 heterocycles. The molecule has 17 heavy (non-hydrogen) atoms. The number of rotatable bonds is 6. The number of ketones is 1.